The molecule has 32 heavy (non-hydrogen) atoms. The third-order valence-electron chi connectivity index (χ3n) is 6.05. The van der Waals surface area contributed by atoms with E-state index in [1.807, 2.05) is 38.2 Å². The number of pyridine rings is 1. The Kier molecular flexibility index (Phi) is 5.27. The van der Waals surface area contributed by atoms with Crippen LogP contribution in [0, 0.1) is 13.8 Å². The minimum Gasteiger partial charge on any atom is -0.352 e. The van der Waals surface area contributed by atoms with Crippen molar-refractivity contribution >= 4 is 22.8 Å². The van der Waals surface area contributed by atoms with E-state index in [1.54, 1.807) is 12.1 Å². The van der Waals surface area contributed by atoms with Gasteiger partial charge in [-0.1, -0.05) is 30.3 Å². The molecule has 1 N–H and O–H groups in total. The van der Waals surface area contributed by atoms with Crippen LogP contribution in [0.1, 0.15) is 38.4 Å². The van der Waals surface area contributed by atoms with Crippen molar-refractivity contribution in [2.24, 2.45) is 0 Å². The number of carbonyl (C=O) groups excluding carboxylic acids is 1. The highest BCUT2D eigenvalue weighted by Crippen LogP contribution is 2.23. The Bertz CT molecular complexity index is 1300. The molecule has 5 rings (SSSR count). The van der Waals surface area contributed by atoms with E-state index in [9.17, 15) is 4.79 Å². The van der Waals surface area contributed by atoms with E-state index in [-0.39, 0.29) is 5.91 Å². The number of aryl methyl sites for hydroxylation is 2. The molecule has 0 radical (unpaired) electrons. The fourth-order valence-electron chi connectivity index (χ4n) is 4.06. The fraction of sp³-hybridized carbons (Fsp3) is 0.231. The summed E-state index contributed by atoms with van der Waals surface area (Å²) in [5, 5.41) is 2.98. The summed E-state index contributed by atoms with van der Waals surface area (Å²) in [5.74, 6) is 0.831. The molecule has 6 heteroatoms. The van der Waals surface area contributed by atoms with E-state index in [0.717, 1.165) is 53.3 Å². The molecular weight excluding hydrogens is 398 g/mol. The first-order valence-corrected chi connectivity index (χ1v) is 10.9. The van der Waals surface area contributed by atoms with Gasteiger partial charge in [-0.2, -0.15) is 0 Å². The standard InChI is InChI=1S/C26H25N5O/c1-17-18(2)30-24-13-21(8-9-23(24)29-17)26(32)28-15-19-7-10-25(27-14-19)31-12-11-20-5-3-4-6-22(20)16-31/h3-10,13-14H,11-12,15-16H2,1-2H3,(H,28,32). The maximum atomic E-state index is 12.7. The Morgan fingerprint density at radius 3 is 2.53 bits per heavy atom. The summed E-state index contributed by atoms with van der Waals surface area (Å²) in [4.78, 5) is 28.7. The molecule has 1 aliphatic rings. The third kappa shape index (κ3) is 4.04. The molecule has 160 valence electrons. The van der Waals surface area contributed by atoms with Crippen LogP contribution in [-0.4, -0.2) is 27.4 Å². The van der Waals surface area contributed by atoms with Crippen LogP contribution >= 0.6 is 0 Å². The number of nitrogens with zero attached hydrogens (tertiary/aromatic N) is 4. The van der Waals surface area contributed by atoms with Crippen LogP contribution in [0.5, 0.6) is 0 Å². The Hall–Kier alpha value is -3.80. The van der Waals surface area contributed by atoms with Crippen LogP contribution in [0.15, 0.2) is 60.8 Å². The summed E-state index contributed by atoms with van der Waals surface area (Å²) in [5.41, 5.74) is 7.63. The summed E-state index contributed by atoms with van der Waals surface area (Å²) in [7, 11) is 0. The lowest BCUT2D eigenvalue weighted by Gasteiger charge is -2.29. The first kappa shape index (κ1) is 20.1. The lowest BCUT2D eigenvalue weighted by molar-refractivity contribution is 0.0951. The molecule has 1 aliphatic heterocycles. The van der Waals surface area contributed by atoms with Gasteiger partial charge in [-0.15, -0.1) is 0 Å². The van der Waals surface area contributed by atoms with Gasteiger partial charge in [0.05, 0.1) is 22.4 Å². The number of amides is 1. The van der Waals surface area contributed by atoms with Gasteiger partial charge < -0.3 is 10.2 Å². The Morgan fingerprint density at radius 1 is 0.969 bits per heavy atom. The molecule has 6 nitrogen and oxygen atoms in total. The molecule has 4 aromatic rings. The summed E-state index contributed by atoms with van der Waals surface area (Å²) < 4.78 is 0. The number of carbonyl (C=O) groups is 1. The van der Waals surface area contributed by atoms with E-state index in [0.29, 0.717) is 12.1 Å². The van der Waals surface area contributed by atoms with Crippen molar-refractivity contribution in [1.29, 1.82) is 0 Å². The lowest BCUT2D eigenvalue weighted by atomic mass is 10.00. The average Bonchev–Trinajstić information content (AvgIpc) is 2.83. The van der Waals surface area contributed by atoms with E-state index in [4.69, 9.17) is 0 Å². The van der Waals surface area contributed by atoms with Crippen molar-refractivity contribution in [3.05, 3.63) is 94.4 Å². The topological polar surface area (TPSA) is 71.0 Å². The van der Waals surface area contributed by atoms with Gasteiger partial charge in [-0.3, -0.25) is 4.79 Å². The number of benzene rings is 2. The number of fused-ring (bicyclic) bond motifs is 2. The smallest absolute Gasteiger partial charge is 0.251 e. The van der Waals surface area contributed by atoms with Gasteiger partial charge in [0.2, 0.25) is 0 Å². The highest BCUT2D eigenvalue weighted by atomic mass is 16.1. The normalized spacial score (nSPS) is 13.1. The summed E-state index contributed by atoms with van der Waals surface area (Å²) in [6, 6.07) is 18.1. The zero-order valence-electron chi connectivity index (χ0n) is 18.3. The molecular formula is C26H25N5O. The third-order valence-corrected chi connectivity index (χ3v) is 6.05. The number of hydrogen-bond acceptors (Lipinski definition) is 5. The highest BCUT2D eigenvalue weighted by molar-refractivity contribution is 5.97. The van der Waals surface area contributed by atoms with Crippen LogP contribution in [0.25, 0.3) is 11.0 Å². The van der Waals surface area contributed by atoms with Crippen molar-refractivity contribution in [1.82, 2.24) is 20.3 Å². The lowest BCUT2D eigenvalue weighted by Crippen LogP contribution is -2.31. The number of rotatable bonds is 4. The number of aromatic nitrogens is 3. The van der Waals surface area contributed by atoms with Crippen LogP contribution < -0.4 is 10.2 Å². The molecule has 0 unspecified atom stereocenters. The van der Waals surface area contributed by atoms with Crippen LogP contribution in [-0.2, 0) is 19.5 Å². The van der Waals surface area contributed by atoms with Crippen molar-refractivity contribution in [3.8, 4) is 0 Å². The predicted molar refractivity (Wildman–Crippen MR) is 126 cm³/mol. The van der Waals surface area contributed by atoms with Gasteiger partial charge in [0, 0.05) is 31.4 Å². The maximum Gasteiger partial charge on any atom is 0.251 e. The molecule has 0 aliphatic carbocycles. The Balaban J connectivity index is 1.23. The highest BCUT2D eigenvalue weighted by Gasteiger charge is 2.17. The monoisotopic (exact) mass is 423 g/mol. The number of nitrogens with one attached hydrogen (secondary N) is 1. The van der Waals surface area contributed by atoms with Crippen LogP contribution in [0.4, 0.5) is 5.82 Å². The van der Waals surface area contributed by atoms with E-state index in [1.165, 1.54) is 11.1 Å². The van der Waals surface area contributed by atoms with Gasteiger partial charge in [0.25, 0.3) is 5.91 Å². The van der Waals surface area contributed by atoms with Crippen molar-refractivity contribution in [3.63, 3.8) is 0 Å². The minimum absolute atomic E-state index is 0.136. The molecule has 0 fully saturated rings. The second kappa shape index (κ2) is 8.38. The van der Waals surface area contributed by atoms with Gasteiger partial charge in [0.1, 0.15) is 5.82 Å². The molecule has 1 amide bonds. The summed E-state index contributed by atoms with van der Waals surface area (Å²) >= 11 is 0. The van der Waals surface area contributed by atoms with E-state index >= 15 is 0 Å². The zero-order valence-corrected chi connectivity index (χ0v) is 18.3. The molecule has 3 heterocycles. The Labute approximate surface area is 187 Å². The molecule has 0 saturated carbocycles. The summed E-state index contributed by atoms with van der Waals surface area (Å²) in [6.45, 7) is 6.12. The van der Waals surface area contributed by atoms with Gasteiger partial charge >= 0.3 is 0 Å². The maximum absolute atomic E-state index is 12.7. The molecule has 0 spiro atoms. The molecule has 0 saturated heterocycles. The first-order valence-electron chi connectivity index (χ1n) is 10.9. The van der Waals surface area contributed by atoms with E-state index < -0.39 is 0 Å². The van der Waals surface area contributed by atoms with Crippen molar-refractivity contribution in [2.75, 3.05) is 11.4 Å². The summed E-state index contributed by atoms with van der Waals surface area (Å²) in [6.07, 6.45) is 2.87. The van der Waals surface area contributed by atoms with Crippen molar-refractivity contribution < 1.29 is 4.79 Å². The first-order chi connectivity index (χ1) is 15.6. The second-order valence-corrected chi connectivity index (χ2v) is 8.25. The SMILES string of the molecule is Cc1nc2ccc(C(=O)NCc3ccc(N4CCc5ccccc5C4)nc3)cc2nc1C. The van der Waals surface area contributed by atoms with Gasteiger partial charge in [-0.25, -0.2) is 15.0 Å². The molecule has 0 atom stereocenters. The fourth-order valence-corrected chi connectivity index (χ4v) is 4.06. The van der Waals surface area contributed by atoms with Gasteiger partial charge in [0.15, 0.2) is 0 Å². The largest absolute Gasteiger partial charge is 0.352 e. The molecule has 2 aromatic carbocycles. The van der Waals surface area contributed by atoms with Crippen LogP contribution in [0.3, 0.4) is 0 Å². The zero-order chi connectivity index (χ0) is 22.1. The Morgan fingerprint density at radius 2 is 1.75 bits per heavy atom. The van der Waals surface area contributed by atoms with Crippen LogP contribution in [0.2, 0.25) is 0 Å². The quantitative estimate of drug-likeness (QED) is 0.534. The second-order valence-electron chi connectivity index (χ2n) is 8.25. The molecule has 2 aromatic heterocycles. The molecule has 0 bridgehead atoms. The van der Waals surface area contributed by atoms with E-state index in [2.05, 4.69) is 49.4 Å². The number of hydrogen-bond donors (Lipinski definition) is 1. The van der Waals surface area contributed by atoms with Gasteiger partial charge in [-0.05, 0) is 61.2 Å². The predicted octanol–water partition coefficient (Wildman–Crippen LogP) is 4.13. The van der Waals surface area contributed by atoms with Crippen molar-refractivity contribution in [2.45, 2.75) is 33.4 Å². The minimum atomic E-state index is -0.136. The average molecular weight is 424 g/mol. The number of anilines is 1.